The first-order valence-corrected chi connectivity index (χ1v) is 6.18. The van der Waals surface area contributed by atoms with E-state index in [9.17, 15) is 0 Å². The first-order valence-electron chi connectivity index (χ1n) is 5.43. The molecule has 2 aromatic rings. The molecule has 98 valence electrons. The van der Waals surface area contributed by atoms with Crippen molar-refractivity contribution >= 4 is 29.0 Å². The summed E-state index contributed by atoms with van der Waals surface area (Å²) in [5, 5.41) is 8.19. The fraction of sp³-hybridized carbons (Fsp3) is 0.0769. The van der Waals surface area contributed by atoms with Crippen molar-refractivity contribution in [3.05, 3.63) is 51.6 Å². The maximum absolute atomic E-state index is 7.51. The molecule has 0 spiro atoms. The number of halogens is 2. The molecule has 0 saturated heterocycles. The van der Waals surface area contributed by atoms with Crippen molar-refractivity contribution in [2.75, 3.05) is 0 Å². The summed E-state index contributed by atoms with van der Waals surface area (Å²) < 4.78 is 5.61. The Balaban J connectivity index is 2.45. The lowest BCUT2D eigenvalue weighted by atomic mass is 10.2. The number of ether oxygens (including phenoxy) is 1. The summed E-state index contributed by atoms with van der Waals surface area (Å²) in [7, 11) is 0. The zero-order chi connectivity index (χ0) is 14.0. The molecule has 0 atom stereocenters. The van der Waals surface area contributed by atoms with Gasteiger partial charge in [0, 0.05) is 5.69 Å². The highest BCUT2D eigenvalue weighted by Gasteiger charge is 2.13. The number of benzene rings is 1. The standard InChI is InChI=1S/C13H11Cl2N3O/c1-7-5-6-8(12(16)17)13(18-7)19-10-4-2-3-9(14)11(10)15/h2-6H,1H3,(H3,16,17). The first-order chi connectivity index (χ1) is 8.99. The minimum Gasteiger partial charge on any atom is -0.437 e. The molecular formula is C13H11Cl2N3O. The van der Waals surface area contributed by atoms with E-state index in [2.05, 4.69) is 4.98 Å². The van der Waals surface area contributed by atoms with Crippen molar-refractivity contribution in [1.82, 2.24) is 4.98 Å². The van der Waals surface area contributed by atoms with Crippen LogP contribution in [-0.2, 0) is 0 Å². The molecule has 19 heavy (non-hydrogen) atoms. The largest absolute Gasteiger partial charge is 0.437 e. The number of aromatic nitrogens is 1. The molecule has 0 bridgehead atoms. The van der Waals surface area contributed by atoms with Crippen LogP contribution in [0.1, 0.15) is 11.3 Å². The van der Waals surface area contributed by atoms with Gasteiger partial charge in [-0.25, -0.2) is 4.98 Å². The van der Waals surface area contributed by atoms with Gasteiger partial charge in [-0.3, -0.25) is 5.41 Å². The quantitative estimate of drug-likeness (QED) is 0.669. The lowest BCUT2D eigenvalue weighted by molar-refractivity contribution is 0.460. The van der Waals surface area contributed by atoms with E-state index < -0.39 is 0 Å². The van der Waals surface area contributed by atoms with E-state index in [4.69, 9.17) is 39.1 Å². The second-order valence-corrected chi connectivity index (χ2v) is 4.66. The van der Waals surface area contributed by atoms with Gasteiger partial charge >= 0.3 is 0 Å². The molecule has 0 fully saturated rings. The van der Waals surface area contributed by atoms with Crippen molar-refractivity contribution in [2.45, 2.75) is 6.92 Å². The van der Waals surface area contributed by atoms with Crippen LogP contribution in [0.5, 0.6) is 11.6 Å². The predicted molar refractivity (Wildman–Crippen MR) is 76.5 cm³/mol. The first kappa shape index (κ1) is 13.6. The van der Waals surface area contributed by atoms with E-state index in [1.54, 1.807) is 30.3 Å². The van der Waals surface area contributed by atoms with Gasteiger partial charge in [0.25, 0.3) is 0 Å². The fourth-order valence-electron chi connectivity index (χ4n) is 1.48. The fourth-order valence-corrected chi connectivity index (χ4v) is 1.81. The van der Waals surface area contributed by atoms with E-state index >= 15 is 0 Å². The molecule has 2 rings (SSSR count). The number of rotatable bonds is 3. The molecule has 1 heterocycles. The molecule has 0 aliphatic carbocycles. The number of nitrogens with one attached hydrogen (secondary N) is 1. The summed E-state index contributed by atoms with van der Waals surface area (Å²) in [6.07, 6.45) is 0. The van der Waals surface area contributed by atoms with Crippen molar-refractivity contribution in [3.8, 4) is 11.6 Å². The van der Waals surface area contributed by atoms with E-state index in [-0.39, 0.29) is 11.7 Å². The van der Waals surface area contributed by atoms with Gasteiger partial charge in [0.05, 0.1) is 10.6 Å². The molecule has 3 N–H and O–H groups in total. The third kappa shape index (κ3) is 2.97. The van der Waals surface area contributed by atoms with Crippen LogP contribution in [0.2, 0.25) is 10.0 Å². The lowest BCUT2D eigenvalue weighted by Gasteiger charge is -2.11. The van der Waals surface area contributed by atoms with Crippen LogP contribution < -0.4 is 10.5 Å². The number of pyridine rings is 1. The van der Waals surface area contributed by atoms with Gasteiger partial charge in [0.2, 0.25) is 5.88 Å². The molecule has 0 aliphatic heterocycles. The monoisotopic (exact) mass is 295 g/mol. The van der Waals surface area contributed by atoms with E-state index in [1.807, 2.05) is 6.92 Å². The highest BCUT2D eigenvalue weighted by molar-refractivity contribution is 6.42. The van der Waals surface area contributed by atoms with Gasteiger partial charge in [-0.2, -0.15) is 0 Å². The Labute approximate surface area is 120 Å². The normalized spacial score (nSPS) is 10.3. The smallest absolute Gasteiger partial charge is 0.230 e. The van der Waals surface area contributed by atoms with E-state index in [0.717, 1.165) is 5.69 Å². The Kier molecular flexibility index (Phi) is 3.93. The molecule has 0 aliphatic rings. The molecule has 4 nitrogen and oxygen atoms in total. The predicted octanol–water partition coefficient (Wildman–Crippen LogP) is 3.77. The minimum absolute atomic E-state index is 0.124. The third-order valence-electron chi connectivity index (χ3n) is 2.41. The molecule has 0 amide bonds. The van der Waals surface area contributed by atoms with E-state index in [0.29, 0.717) is 21.4 Å². The van der Waals surface area contributed by atoms with Crippen molar-refractivity contribution in [2.24, 2.45) is 5.73 Å². The van der Waals surface area contributed by atoms with E-state index in [1.165, 1.54) is 0 Å². The van der Waals surface area contributed by atoms with Crippen molar-refractivity contribution in [3.63, 3.8) is 0 Å². The van der Waals surface area contributed by atoms with Gasteiger partial charge in [0.1, 0.15) is 16.6 Å². The number of nitrogens with zero attached hydrogens (tertiary/aromatic N) is 1. The van der Waals surface area contributed by atoms with Crippen LogP contribution in [0.3, 0.4) is 0 Å². The highest BCUT2D eigenvalue weighted by atomic mass is 35.5. The molecule has 1 aromatic carbocycles. The average Bonchev–Trinajstić information content (AvgIpc) is 2.35. The summed E-state index contributed by atoms with van der Waals surface area (Å²) in [6.45, 7) is 1.82. The summed E-state index contributed by atoms with van der Waals surface area (Å²) in [5.74, 6) is 0.479. The van der Waals surface area contributed by atoms with Gasteiger partial charge in [-0.15, -0.1) is 0 Å². The number of hydrogen-bond acceptors (Lipinski definition) is 3. The van der Waals surface area contributed by atoms with Gasteiger partial charge in [-0.05, 0) is 31.2 Å². The highest BCUT2D eigenvalue weighted by Crippen LogP contribution is 2.34. The lowest BCUT2D eigenvalue weighted by Crippen LogP contribution is -2.13. The topological polar surface area (TPSA) is 72.0 Å². The number of aryl methyl sites for hydroxylation is 1. The number of amidine groups is 1. The summed E-state index contributed by atoms with van der Waals surface area (Å²) >= 11 is 12.0. The molecule has 0 radical (unpaired) electrons. The Morgan fingerprint density at radius 1 is 1.26 bits per heavy atom. The Bertz CT molecular complexity index is 644. The number of hydrogen-bond donors (Lipinski definition) is 2. The molecule has 1 aromatic heterocycles. The molecule has 6 heteroatoms. The second kappa shape index (κ2) is 5.47. The number of nitrogens with two attached hydrogens (primary N) is 1. The maximum atomic E-state index is 7.51. The summed E-state index contributed by atoms with van der Waals surface area (Å²) in [6, 6.07) is 8.48. The molecule has 0 saturated carbocycles. The zero-order valence-electron chi connectivity index (χ0n) is 10.1. The summed E-state index contributed by atoms with van der Waals surface area (Å²) in [5.41, 5.74) is 6.64. The number of nitrogen functional groups attached to an aromatic ring is 1. The minimum atomic E-state index is -0.124. The molecule has 0 unspecified atom stereocenters. The summed E-state index contributed by atoms with van der Waals surface area (Å²) in [4.78, 5) is 4.22. The van der Waals surface area contributed by atoms with Crippen molar-refractivity contribution < 1.29 is 4.74 Å². The van der Waals surface area contributed by atoms with Gasteiger partial charge < -0.3 is 10.5 Å². The van der Waals surface area contributed by atoms with Crippen LogP contribution in [0.15, 0.2) is 30.3 Å². The van der Waals surface area contributed by atoms with Crippen LogP contribution >= 0.6 is 23.2 Å². The van der Waals surface area contributed by atoms with Gasteiger partial charge in [0.15, 0.2) is 0 Å². The second-order valence-electron chi connectivity index (χ2n) is 3.87. The molecular weight excluding hydrogens is 285 g/mol. The van der Waals surface area contributed by atoms with Crippen LogP contribution in [-0.4, -0.2) is 10.8 Å². The SMILES string of the molecule is Cc1ccc(C(=N)N)c(Oc2cccc(Cl)c2Cl)n1. The average molecular weight is 296 g/mol. The van der Waals surface area contributed by atoms with Crippen LogP contribution in [0.25, 0.3) is 0 Å². The van der Waals surface area contributed by atoms with Crippen LogP contribution in [0, 0.1) is 12.3 Å². The zero-order valence-corrected chi connectivity index (χ0v) is 11.6. The third-order valence-corrected chi connectivity index (χ3v) is 3.21. The van der Waals surface area contributed by atoms with Crippen molar-refractivity contribution in [1.29, 1.82) is 5.41 Å². The van der Waals surface area contributed by atoms with Crippen LogP contribution in [0.4, 0.5) is 0 Å². The Morgan fingerprint density at radius 2 is 2.00 bits per heavy atom. The van der Waals surface area contributed by atoms with Gasteiger partial charge in [-0.1, -0.05) is 29.3 Å². The Hall–Kier alpha value is -1.78. The maximum Gasteiger partial charge on any atom is 0.230 e. The Morgan fingerprint density at radius 3 is 2.68 bits per heavy atom.